The van der Waals surface area contributed by atoms with Crippen LogP contribution < -0.4 is 21.4 Å². The number of nitrogens with zero attached hydrogens (tertiary/aromatic N) is 2. The molecule has 0 aromatic rings. The molecule has 6 unspecified atom stereocenters. The second-order valence-corrected chi connectivity index (χ2v) is 9.56. The minimum Gasteiger partial charge on any atom is -0.379 e. The van der Waals surface area contributed by atoms with E-state index in [2.05, 4.69) is 31.2 Å². The second kappa shape index (κ2) is 9.87. The third-order valence-electron chi connectivity index (χ3n) is 7.68. The maximum absolute atomic E-state index is 6.09. The highest BCUT2D eigenvalue weighted by molar-refractivity contribution is 4.93. The highest BCUT2D eigenvalue weighted by atomic mass is 16.7. The van der Waals surface area contributed by atoms with Crippen molar-refractivity contribution in [1.29, 1.82) is 0 Å². The van der Waals surface area contributed by atoms with Gasteiger partial charge in [0.15, 0.2) is 0 Å². The lowest BCUT2D eigenvalue weighted by molar-refractivity contribution is -0.0275. The van der Waals surface area contributed by atoms with Gasteiger partial charge >= 0.3 is 0 Å². The van der Waals surface area contributed by atoms with Gasteiger partial charge in [0.05, 0.1) is 31.6 Å². The number of rotatable bonds is 5. The predicted octanol–water partition coefficient (Wildman–Crippen LogP) is 0.0274. The van der Waals surface area contributed by atoms with E-state index in [4.69, 9.17) is 9.57 Å². The van der Waals surface area contributed by atoms with Crippen LogP contribution in [-0.4, -0.2) is 92.9 Å². The quantitative estimate of drug-likeness (QED) is 0.508. The van der Waals surface area contributed by atoms with E-state index >= 15 is 0 Å². The Kier molecular flexibility index (Phi) is 7.00. The van der Waals surface area contributed by atoms with Crippen molar-refractivity contribution < 1.29 is 9.57 Å². The molecule has 0 aromatic carbocycles. The third kappa shape index (κ3) is 4.96. The molecule has 5 fully saturated rings. The predicted molar refractivity (Wildman–Crippen MR) is 112 cm³/mol. The molecule has 8 nitrogen and oxygen atoms in total. The van der Waals surface area contributed by atoms with Gasteiger partial charge in [-0.3, -0.25) is 20.0 Å². The molecular formula is C21H40N6O2. The van der Waals surface area contributed by atoms with Gasteiger partial charge in [-0.1, -0.05) is 6.42 Å². The molecule has 4 N–H and O–H groups in total. The smallest absolute Gasteiger partial charge is 0.146 e. The fourth-order valence-electron chi connectivity index (χ4n) is 5.95. The minimum atomic E-state index is 0.114. The molecule has 0 bridgehead atoms. The molecule has 166 valence electrons. The monoisotopic (exact) mass is 408 g/mol. The van der Waals surface area contributed by atoms with E-state index < -0.39 is 0 Å². The summed E-state index contributed by atoms with van der Waals surface area (Å²) in [6.07, 6.45) is 9.88. The lowest BCUT2D eigenvalue weighted by Crippen LogP contribution is -2.57. The molecule has 0 saturated carbocycles. The number of likely N-dealkylation sites (tertiary alicyclic amines) is 1. The van der Waals surface area contributed by atoms with Gasteiger partial charge in [-0.15, -0.1) is 0 Å². The highest BCUT2D eigenvalue weighted by Crippen LogP contribution is 2.27. The van der Waals surface area contributed by atoms with Crippen LogP contribution >= 0.6 is 0 Å². The summed E-state index contributed by atoms with van der Waals surface area (Å²) in [5.41, 5.74) is 3.34. The Bertz CT molecular complexity index is 505. The summed E-state index contributed by atoms with van der Waals surface area (Å²) in [6, 6.07) is 1.16. The van der Waals surface area contributed by atoms with Crippen molar-refractivity contribution in [3.8, 4) is 0 Å². The maximum atomic E-state index is 6.09. The molecule has 0 spiro atoms. The van der Waals surface area contributed by atoms with Crippen LogP contribution in [0.1, 0.15) is 44.9 Å². The van der Waals surface area contributed by atoms with Crippen molar-refractivity contribution in [2.45, 2.75) is 75.6 Å². The van der Waals surface area contributed by atoms with Crippen molar-refractivity contribution in [1.82, 2.24) is 31.2 Å². The van der Waals surface area contributed by atoms with Gasteiger partial charge in [0, 0.05) is 38.1 Å². The van der Waals surface area contributed by atoms with E-state index in [9.17, 15) is 0 Å². The van der Waals surface area contributed by atoms with E-state index in [0.717, 1.165) is 32.8 Å². The Hall–Kier alpha value is -0.320. The zero-order valence-corrected chi connectivity index (χ0v) is 17.8. The van der Waals surface area contributed by atoms with Crippen LogP contribution in [-0.2, 0) is 9.57 Å². The number of hydroxylamine groups is 1. The van der Waals surface area contributed by atoms with Gasteiger partial charge in [-0.25, -0.2) is 0 Å². The topological polar surface area (TPSA) is 73.1 Å². The number of hydrogen-bond donors (Lipinski definition) is 4. The normalized spacial score (nSPS) is 43.0. The van der Waals surface area contributed by atoms with Crippen LogP contribution in [0.3, 0.4) is 0 Å². The molecule has 0 aliphatic carbocycles. The molecule has 29 heavy (non-hydrogen) atoms. The molecule has 5 rings (SSSR count). The summed E-state index contributed by atoms with van der Waals surface area (Å²) >= 11 is 0. The van der Waals surface area contributed by atoms with Crippen LogP contribution in [0.25, 0.3) is 0 Å². The third-order valence-corrected chi connectivity index (χ3v) is 7.68. The van der Waals surface area contributed by atoms with Gasteiger partial charge in [-0.05, 0) is 51.6 Å². The van der Waals surface area contributed by atoms with E-state index in [1.165, 1.54) is 64.6 Å². The Balaban J connectivity index is 1.09. The van der Waals surface area contributed by atoms with Gasteiger partial charge in [0.25, 0.3) is 0 Å². The van der Waals surface area contributed by atoms with Crippen LogP contribution in [0.4, 0.5) is 0 Å². The average molecular weight is 409 g/mol. The van der Waals surface area contributed by atoms with Crippen molar-refractivity contribution in [2.24, 2.45) is 5.92 Å². The number of piperidine rings is 2. The molecule has 6 atom stereocenters. The molecule has 0 aromatic heterocycles. The molecular weight excluding hydrogens is 368 g/mol. The Morgan fingerprint density at radius 1 is 0.897 bits per heavy atom. The maximum Gasteiger partial charge on any atom is 0.146 e. The van der Waals surface area contributed by atoms with Crippen LogP contribution in [0.2, 0.25) is 0 Å². The fourth-order valence-corrected chi connectivity index (χ4v) is 5.95. The first-order valence-electron chi connectivity index (χ1n) is 12.1. The molecule has 5 saturated heterocycles. The molecule has 0 radical (unpaired) electrons. The summed E-state index contributed by atoms with van der Waals surface area (Å²) in [4.78, 5) is 11.3. The average Bonchev–Trinajstić information content (AvgIpc) is 3.45. The zero-order valence-electron chi connectivity index (χ0n) is 17.8. The van der Waals surface area contributed by atoms with Crippen LogP contribution in [0.5, 0.6) is 0 Å². The number of hydrogen-bond acceptors (Lipinski definition) is 8. The summed E-state index contributed by atoms with van der Waals surface area (Å²) in [5, 5.41) is 11.3. The van der Waals surface area contributed by atoms with Gasteiger partial charge in [0.1, 0.15) is 6.23 Å². The number of ether oxygens (including phenoxy) is 1. The Morgan fingerprint density at radius 2 is 1.83 bits per heavy atom. The summed E-state index contributed by atoms with van der Waals surface area (Å²) in [7, 11) is 0. The van der Waals surface area contributed by atoms with Crippen molar-refractivity contribution in [3.05, 3.63) is 0 Å². The molecule has 0 amide bonds. The number of morpholine rings is 1. The molecule has 5 aliphatic rings. The Morgan fingerprint density at radius 3 is 2.62 bits per heavy atom. The lowest BCUT2D eigenvalue weighted by atomic mass is 9.94. The second-order valence-electron chi connectivity index (χ2n) is 9.56. The van der Waals surface area contributed by atoms with Crippen molar-refractivity contribution in [3.63, 3.8) is 0 Å². The van der Waals surface area contributed by atoms with Crippen molar-refractivity contribution >= 4 is 0 Å². The Labute approximate surface area is 175 Å². The summed E-state index contributed by atoms with van der Waals surface area (Å²) in [5.74, 6) is 0.576. The zero-order chi connectivity index (χ0) is 19.5. The van der Waals surface area contributed by atoms with E-state index in [1.807, 2.05) is 0 Å². The van der Waals surface area contributed by atoms with Crippen LogP contribution in [0, 0.1) is 5.92 Å². The standard InChI is InChI=1S/C21H40N6O2/c1-2-8-22-17(4-1)15-27-9-3-5-18(27)21-24-20(25-29-21)16-6-7-19(23-14-16)26-10-12-28-13-11-26/h16-25H,1-15H2. The first kappa shape index (κ1) is 20.6. The van der Waals surface area contributed by atoms with Crippen molar-refractivity contribution in [2.75, 3.05) is 52.5 Å². The first-order chi connectivity index (χ1) is 14.4. The minimum absolute atomic E-state index is 0.114. The SMILES string of the molecule is C1CCC(CN2CCCC2C2NC(C3CCC(N4CCOCC4)NC3)NO2)NC1. The summed E-state index contributed by atoms with van der Waals surface area (Å²) in [6.45, 7) is 8.47. The van der Waals surface area contributed by atoms with Gasteiger partial charge in [-0.2, -0.15) is 5.48 Å². The molecule has 8 heteroatoms. The number of nitrogens with one attached hydrogen (secondary N) is 4. The summed E-state index contributed by atoms with van der Waals surface area (Å²) < 4.78 is 5.50. The van der Waals surface area contributed by atoms with Gasteiger partial charge in [0.2, 0.25) is 0 Å². The molecule has 5 aliphatic heterocycles. The van der Waals surface area contributed by atoms with Gasteiger partial charge < -0.3 is 15.4 Å². The lowest BCUT2D eigenvalue weighted by Gasteiger charge is -2.40. The van der Waals surface area contributed by atoms with E-state index in [0.29, 0.717) is 24.2 Å². The molecule has 5 heterocycles. The largest absolute Gasteiger partial charge is 0.379 e. The fraction of sp³-hybridized carbons (Fsp3) is 1.00. The van der Waals surface area contributed by atoms with E-state index in [1.54, 1.807) is 0 Å². The van der Waals surface area contributed by atoms with E-state index in [-0.39, 0.29) is 12.4 Å². The first-order valence-corrected chi connectivity index (χ1v) is 12.1. The highest BCUT2D eigenvalue weighted by Gasteiger charge is 2.41. The van der Waals surface area contributed by atoms with Crippen LogP contribution in [0.15, 0.2) is 0 Å².